The molecule has 4 heteroatoms. The Morgan fingerprint density at radius 3 is 2.85 bits per heavy atom. The Bertz CT molecular complexity index is 450. The van der Waals surface area contributed by atoms with Crippen LogP contribution in [0.15, 0.2) is 12.3 Å². The van der Waals surface area contributed by atoms with Gasteiger partial charge in [-0.05, 0) is 36.7 Å². The van der Waals surface area contributed by atoms with Gasteiger partial charge in [-0.3, -0.25) is 0 Å². The van der Waals surface area contributed by atoms with Crippen molar-refractivity contribution in [2.24, 2.45) is 17.8 Å². The van der Waals surface area contributed by atoms with Crippen LogP contribution in [0.1, 0.15) is 45.6 Å². The summed E-state index contributed by atoms with van der Waals surface area (Å²) in [6.45, 7) is 6.40. The van der Waals surface area contributed by atoms with Crippen LogP contribution in [-0.2, 0) is 6.61 Å². The predicted octanol–water partition coefficient (Wildman–Crippen LogP) is 3.55. The van der Waals surface area contributed by atoms with Gasteiger partial charge in [-0.2, -0.15) is 0 Å². The molecule has 3 unspecified atom stereocenters. The second kappa shape index (κ2) is 6.53. The number of nitrogens with zero attached hydrogens (tertiary/aromatic N) is 1. The van der Waals surface area contributed by atoms with E-state index in [4.69, 9.17) is 4.74 Å². The highest BCUT2D eigenvalue weighted by molar-refractivity contribution is 5.25. The van der Waals surface area contributed by atoms with Gasteiger partial charge < -0.3 is 9.84 Å². The molecular formula is C16H24FNO2. The van der Waals surface area contributed by atoms with Crippen LogP contribution in [0.25, 0.3) is 0 Å². The number of halogens is 1. The summed E-state index contributed by atoms with van der Waals surface area (Å²) in [5, 5.41) is 9.31. The van der Waals surface area contributed by atoms with Crippen LogP contribution in [-0.4, -0.2) is 16.2 Å². The maximum atomic E-state index is 13.2. The molecular weight excluding hydrogens is 257 g/mol. The van der Waals surface area contributed by atoms with E-state index in [1.54, 1.807) is 0 Å². The smallest absolute Gasteiger partial charge is 0.219 e. The highest BCUT2D eigenvalue weighted by Crippen LogP contribution is 2.36. The maximum Gasteiger partial charge on any atom is 0.219 e. The molecule has 0 radical (unpaired) electrons. The van der Waals surface area contributed by atoms with Crippen LogP contribution in [0, 0.1) is 23.6 Å². The second-order valence-corrected chi connectivity index (χ2v) is 6.26. The normalized spacial score (nSPS) is 26.8. The van der Waals surface area contributed by atoms with Gasteiger partial charge in [0.05, 0.1) is 12.8 Å². The Morgan fingerprint density at radius 1 is 1.45 bits per heavy atom. The van der Waals surface area contributed by atoms with E-state index in [0.717, 1.165) is 19.0 Å². The van der Waals surface area contributed by atoms with Crippen molar-refractivity contribution in [2.75, 3.05) is 0 Å². The van der Waals surface area contributed by atoms with Crippen molar-refractivity contribution in [3.8, 4) is 5.88 Å². The first-order chi connectivity index (χ1) is 9.51. The number of aliphatic hydroxyl groups is 1. The molecule has 20 heavy (non-hydrogen) atoms. The lowest BCUT2D eigenvalue weighted by Gasteiger charge is -2.37. The molecule has 0 bridgehead atoms. The zero-order valence-corrected chi connectivity index (χ0v) is 12.5. The van der Waals surface area contributed by atoms with Crippen molar-refractivity contribution < 1.29 is 14.2 Å². The van der Waals surface area contributed by atoms with Crippen molar-refractivity contribution in [3.05, 3.63) is 23.6 Å². The van der Waals surface area contributed by atoms with Gasteiger partial charge in [-0.25, -0.2) is 9.37 Å². The highest BCUT2D eigenvalue weighted by Gasteiger charge is 2.32. The first-order valence-corrected chi connectivity index (χ1v) is 7.43. The fourth-order valence-corrected chi connectivity index (χ4v) is 3.08. The minimum Gasteiger partial charge on any atom is -0.474 e. The largest absolute Gasteiger partial charge is 0.474 e. The molecule has 1 aliphatic carbocycles. The molecule has 1 aliphatic rings. The van der Waals surface area contributed by atoms with Crippen LogP contribution < -0.4 is 4.74 Å². The zero-order chi connectivity index (χ0) is 14.7. The molecule has 2 rings (SSSR count). The summed E-state index contributed by atoms with van der Waals surface area (Å²) in [6.07, 6.45) is 4.62. The number of hydrogen-bond donors (Lipinski definition) is 1. The van der Waals surface area contributed by atoms with Gasteiger partial charge in [0, 0.05) is 5.56 Å². The summed E-state index contributed by atoms with van der Waals surface area (Å²) >= 11 is 0. The molecule has 3 atom stereocenters. The van der Waals surface area contributed by atoms with Crippen molar-refractivity contribution in [3.63, 3.8) is 0 Å². The summed E-state index contributed by atoms with van der Waals surface area (Å²) in [7, 11) is 0. The summed E-state index contributed by atoms with van der Waals surface area (Å²) in [5.74, 6) is 1.60. The molecule has 1 saturated carbocycles. The Labute approximate surface area is 120 Å². The number of aliphatic hydroxyl groups excluding tert-OH is 1. The molecule has 0 aliphatic heterocycles. The number of ether oxygens (including phenoxy) is 1. The monoisotopic (exact) mass is 281 g/mol. The maximum absolute atomic E-state index is 13.2. The van der Waals surface area contributed by atoms with E-state index in [1.807, 2.05) is 0 Å². The number of aromatic nitrogens is 1. The molecule has 0 spiro atoms. The van der Waals surface area contributed by atoms with Crippen LogP contribution in [0.4, 0.5) is 4.39 Å². The third-order valence-corrected chi connectivity index (χ3v) is 4.29. The van der Waals surface area contributed by atoms with E-state index < -0.39 is 5.82 Å². The van der Waals surface area contributed by atoms with Crippen LogP contribution in [0.3, 0.4) is 0 Å². The van der Waals surface area contributed by atoms with E-state index in [0.29, 0.717) is 29.2 Å². The highest BCUT2D eigenvalue weighted by atomic mass is 19.1. The molecule has 1 N–H and O–H groups in total. The van der Waals surface area contributed by atoms with Gasteiger partial charge in [0.25, 0.3) is 0 Å². The average molecular weight is 281 g/mol. The third-order valence-electron chi connectivity index (χ3n) is 4.29. The quantitative estimate of drug-likeness (QED) is 0.917. The molecule has 1 heterocycles. The minimum absolute atomic E-state index is 0.0991. The van der Waals surface area contributed by atoms with E-state index in [9.17, 15) is 9.50 Å². The fourth-order valence-electron chi connectivity index (χ4n) is 3.08. The molecule has 0 saturated heterocycles. The lowest BCUT2D eigenvalue weighted by Crippen LogP contribution is -2.36. The minimum atomic E-state index is -0.446. The number of hydrogen-bond acceptors (Lipinski definition) is 3. The first kappa shape index (κ1) is 15.2. The van der Waals surface area contributed by atoms with E-state index in [1.165, 1.54) is 12.5 Å². The van der Waals surface area contributed by atoms with E-state index in [2.05, 4.69) is 25.8 Å². The SMILES string of the molecule is CC1CCC(C(C)C)C(Oc2ncc(F)cc2CO)C1. The molecule has 1 aromatic rings. The van der Waals surface area contributed by atoms with Gasteiger partial charge in [0.15, 0.2) is 0 Å². The summed E-state index contributed by atoms with van der Waals surface area (Å²) in [5.41, 5.74) is 0.422. The summed E-state index contributed by atoms with van der Waals surface area (Å²) < 4.78 is 19.2. The van der Waals surface area contributed by atoms with Gasteiger partial charge in [0.1, 0.15) is 11.9 Å². The molecule has 0 amide bonds. The van der Waals surface area contributed by atoms with Crippen LogP contribution >= 0.6 is 0 Å². The molecule has 3 nitrogen and oxygen atoms in total. The third kappa shape index (κ3) is 3.48. The Hall–Kier alpha value is -1.16. The Balaban J connectivity index is 2.17. The predicted molar refractivity (Wildman–Crippen MR) is 75.9 cm³/mol. The zero-order valence-electron chi connectivity index (χ0n) is 12.5. The number of rotatable bonds is 4. The lowest BCUT2D eigenvalue weighted by molar-refractivity contribution is 0.0407. The summed E-state index contributed by atoms with van der Waals surface area (Å²) in [6, 6.07) is 1.29. The molecule has 0 aromatic carbocycles. The van der Waals surface area contributed by atoms with Crippen molar-refractivity contribution >= 4 is 0 Å². The van der Waals surface area contributed by atoms with Gasteiger partial charge >= 0.3 is 0 Å². The Morgan fingerprint density at radius 2 is 2.20 bits per heavy atom. The molecule has 112 valence electrons. The average Bonchev–Trinajstić information content (AvgIpc) is 2.40. The number of pyridine rings is 1. The van der Waals surface area contributed by atoms with E-state index >= 15 is 0 Å². The molecule has 1 aromatic heterocycles. The van der Waals surface area contributed by atoms with E-state index in [-0.39, 0.29) is 12.7 Å². The first-order valence-electron chi connectivity index (χ1n) is 7.43. The van der Waals surface area contributed by atoms with Crippen molar-refractivity contribution in [1.82, 2.24) is 4.98 Å². The summed E-state index contributed by atoms with van der Waals surface area (Å²) in [4.78, 5) is 4.00. The van der Waals surface area contributed by atoms with Crippen LogP contribution in [0.5, 0.6) is 5.88 Å². The fraction of sp³-hybridized carbons (Fsp3) is 0.688. The van der Waals surface area contributed by atoms with Gasteiger partial charge in [-0.1, -0.05) is 27.2 Å². The van der Waals surface area contributed by atoms with Crippen LogP contribution in [0.2, 0.25) is 0 Å². The standard InChI is InChI=1S/C16H24FNO2/c1-10(2)14-5-4-11(3)6-15(14)20-16-12(9-19)7-13(17)8-18-16/h7-8,10-11,14-15,19H,4-6,9H2,1-3H3. The lowest BCUT2D eigenvalue weighted by atomic mass is 9.75. The topological polar surface area (TPSA) is 42.4 Å². The second-order valence-electron chi connectivity index (χ2n) is 6.26. The molecule has 1 fully saturated rings. The van der Waals surface area contributed by atoms with Gasteiger partial charge in [0.2, 0.25) is 5.88 Å². The Kier molecular flexibility index (Phi) is 4.97. The van der Waals surface area contributed by atoms with Gasteiger partial charge in [-0.15, -0.1) is 0 Å². The van der Waals surface area contributed by atoms with Crippen molar-refractivity contribution in [1.29, 1.82) is 0 Å². The van der Waals surface area contributed by atoms with Crippen molar-refractivity contribution in [2.45, 2.75) is 52.7 Å².